The molecule has 6 heteroatoms. The van der Waals surface area contributed by atoms with Crippen molar-refractivity contribution < 1.29 is 8.42 Å². The summed E-state index contributed by atoms with van der Waals surface area (Å²) in [6, 6.07) is 1.76. The lowest BCUT2D eigenvalue weighted by Gasteiger charge is -2.10. The van der Waals surface area contributed by atoms with Crippen molar-refractivity contribution >= 4 is 10.0 Å². The first-order chi connectivity index (χ1) is 9.96. The van der Waals surface area contributed by atoms with Crippen molar-refractivity contribution in [3.8, 4) is 0 Å². The summed E-state index contributed by atoms with van der Waals surface area (Å²) in [4.78, 5) is 0.376. The molecule has 1 saturated carbocycles. The summed E-state index contributed by atoms with van der Waals surface area (Å²) < 4.78 is 29.6. The number of hydrogen-bond donors (Lipinski definition) is 2. The number of nitrogens with zero attached hydrogens (tertiary/aromatic N) is 1. The molecule has 1 fully saturated rings. The molecule has 1 aliphatic rings. The summed E-state index contributed by atoms with van der Waals surface area (Å²) in [6.45, 7) is 6.25. The van der Waals surface area contributed by atoms with Crippen LogP contribution in [-0.2, 0) is 23.1 Å². The summed E-state index contributed by atoms with van der Waals surface area (Å²) in [5.41, 5.74) is 0.995. The van der Waals surface area contributed by atoms with Gasteiger partial charge in [-0.25, -0.2) is 13.1 Å². The van der Waals surface area contributed by atoms with Crippen LogP contribution in [-0.4, -0.2) is 26.6 Å². The monoisotopic (exact) mass is 313 g/mol. The second-order valence-corrected chi connectivity index (χ2v) is 7.89. The maximum Gasteiger partial charge on any atom is 0.242 e. The predicted molar refractivity (Wildman–Crippen MR) is 84.6 cm³/mol. The van der Waals surface area contributed by atoms with Crippen LogP contribution in [0.3, 0.4) is 0 Å². The van der Waals surface area contributed by atoms with Crippen LogP contribution in [0.1, 0.15) is 38.8 Å². The van der Waals surface area contributed by atoms with Gasteiger partial charge in [-0.15, -0.1) is 0 Å². The highest BCUT2D eigenvalue weighted by Crippen LogP contribution is 2.30. The Morgan fingerprint density at radius 1 is 1.38 bits per heavy atom. The Kier molecular flexibility index (Phi) is 5.46. The number of hydrogen-bond acceptors (Lipinski definition) is 3. The molecule has 1 aliphatic carbocycles. The second kappa shape index (κ2) is 6.94. The first-order valence-electron chi connectivity index (χ1n) is 7.79. The standard InChI is InChI=1S/C15H27N3O2S/c1-4-18-11-15(8-14(18)10-16-3)21(19,20)17-9-13-6-5-12(2)7-13/h8,11-13,16-17H,4-7,9-10H2,1-3H3. The van der Waals surface area contributed by atoms with Crippen LogP contribution < -0.4 is 10.0 Å². The molecule has 1 heterocycles. The maximum absolute atomic E-state index is 12.4. The van der Waals surface area contributed by atoms with Gasteiger partial charge in [0.05, 0.1) is 4.90 Å². The van der Waals surface area contributed by atoms with E-state index in [9.17, 15) is 8.42 Å². The first kappa shape index (κ1) is 16.5. The van der Waals surface area contributed by atoms with E-state index in [1.54, 1.807) is 12.3 Å². The van der Waals surface area contributed by atoms with Crippen LogP contribution in [0, 0.1) is 11.8 Å². The largest absolute Gasteiger partial charge is 0.349 e. The Balaban J connectivity index is 2.04. The molecule has 2 N–H and O–H groups in total. The van der Waals surface area contributed by atoms with Gasteiger partial charge in [0, 0.05) is 31.5 Å². The van der Waals surface area contributed by atoms with Crippen molar-refractivity contribution in [2.75, 3.05) is 13.6 Å². The summed E-state index contributed by atoms with van der Waals surface area (Å²) >= 11 is 0. The SMILES string of the molecule is CCn1cc(S(=O)(=O)NCC2CCC(C)C2)cc1CNC. The van der Waals surface area contributed by atoms with E-state index in [2.05, 4.69) is 17.0 Å². The molecule has 2 rings (SSSR count). The fraction of sp³-hybridized carbons (Fsp3) is 0.733. The average Bonchev–Trinajstić information content (AvgIpc) is 3.04. The van der Waals surface area contributed by atoms with E-state index >= 15 is 0 Å². The molecule has 0 bridgehead atoms. The van der Waals surface area contributed by atoms with E-state index in [0.717, 1.165) is 31.0 Å². The Labute approximate surface area is 128 Å². The van der Waals surface area contributed by atoms with Crippen LogP contribution in [0.15, 0.2) is 17.2 Å². The van der Waals surface area contributed by atoms with Crippen LogP contribution in [0.25, 0.3) is 0 Å². The molecule has 120 valence electrons. The molecular weight excluding hydrogens is 286 g/mol. The van der Waals surface area contributed by atoms with Crippen molar-refractivity contribution in [2.24, 2.45) is 11.8 Å². The number of aryl methyl sites for hydroxylation is 1. The zero-order valence-electron chi connectivity index (χ0n) is 13.2. The van der Waals surface area contributed by atoms with Gasteiger partial charge in [-0.3, -0.25) is 0 Å². The number of nitrogens with one attached hydrogen (secondary N) is 2. The molecular formula is C15H27N3O2S. The molecule has 0 spiro atoms. The van der Waals surface area contributed by atoms with Crippen LogP contribution >= 0.6 is 0 Å². The lowest BCUT2D eigenvalue weighted by molar-refractivity contribution is 0.498. The van der Waals surface area contributed by atoms with Crippen molar-refractivity contribution in [1.29, 1.82) is 0 Å². The van der Waals surface area contributed by atoms with Crippen molar-refractivity contribution in [3.05, 3.63) is 18.0 Å². The van der Waals surface area contributed by atoms with Crippen molar-refractivity contribution in [1.82, 2.24) is 14.6 Å². The van der Waals surface area contributed by atoms with Crippen LogP contribution in [0.2, 0.25) is 0 Å². The highest BCUT2D eigenvalue weighted by molar-refractivity contribution is 7.89. The quantitative estimate of drug-likeness (QED) is 0.808. The van der Waals surface area contributed by atoms with E-state index in [1.807, 2.05) is 18.5 Å². The zero-order chi connectivity index (χ0) is 15.5. The van der Waals surface area contributed by atoms with Crippen LogP contribution in [0.4, 0.5) is 0 Å². The van der Waals surface area contributed by atoms with Crippen LogP contribution in [0.5, 0.6) is 0 Å². The molecule has 0 aromatic carbocycles. The van der Waals surface area contributed by atoms with E-state index in [0.29, 0.717) is 23.9 Å². The molecule has 2 atom stereocenters. The lowest BCUT2D eigenvalue weighted by Crippen LogP contribution is -2.28. The molecule has 21 heavy (non-hydrogen) atoms. The number of sulfonamides is 1. The first-order valence-corrected chi connectivity index (χ1v) is 9.28. The summed E-state index contributed by atoms with van der Waals surface area (Å²) in [5, 5.41) is 3.07. The number of aromatic nitrogens is 1. The van der Waals surface area contributed by atoms with E-state index in [4.69, 9.17) is 0 Å². The number of rotatable bonds is 7. The molecule has 0 amide bonds. The molecule has 2 unspecified atom stereocenters. The van der Waals surface area contributed by atoms with Gasteiger partial charge in [0.1, 0.15) is 0 Å². The highest BCUT2D eigenvalue weighted by Gasteiger charge is 2.24. The van der Waals surface area contributed by atoms with Gasteiger partial charge in [0.25, 0.3) is 0 Å². The van der Waals surface area contributed by atoms with E-state index < -0.39 is 10.0 Å². The summed E-state index contributed by atoms with van der Waals surface area (Å²) in [7, 11) is -1.53. The Hall–Kier alpha value is -0.850. The fourth-order valence-corrected chi connectivity index (χ4v) is 4.30. The predicted octanol–water partition coefficient (Wildman–Crippen LogP) is 1.94. The second-order valence-electron chi connectivity index (χ2n) is 6.12. The smallest absolute Gasteiger partial charge is 0.242 e. The summed E-state index contributed by atoms with van der Waals surface area (Å²) in [5.74, 6) is 1.21. The molecule has 5 nitrogen and oxygen atoms in total. The normalized spacial score (nSPS) is 22.8. The highest BCUT2D eigenvalue weighted by atomic mass is 32.2. The molecule has 0 radical (unpaired) electrons. The maximum atomic E-state index is 12.4. The van der Waals surface area contributed by atoms with E-state index in [1.165, 1.54) is 6.42 Å². The van der Waals surface area contributed by atoms with Gasteiger partial charge in [-0.2, -0.15) is 0 Å². The third-order valence-electron chi connectivity index (χ3n) is 4.34. The zero-order valence-corrected chi connectivity index (χ0v) is 14.0. The van der Waals surface area contributed by atoms with Gasteiger partial charge in [-0.05, 0) is 44.7 Å². The Bertz CT molecular complexity index is 565. The third-order valence-corrected chi connectivity index (χ3v) is 5.73. The minimum atomic E-state index is -3.39. The van der Waals surface area contributed by atoms with Gasteiger partial charge in [0.2, 0.25) is 10.0 Å². The molecule has 1 aromatic rings. The summed E-state index contributed by atoms with van der Waals surface area (Å²) in [6.07, 6.45) is 5.20. The van der Waals surface area contributed by atoms with Crippen molar-refractivity contribution in [3.63, 3.8) is 0 Å². The molecule has 1 aromatic heterocycles. The lowest BCUT2D eigenvalue weighted by atomic mass is 10.1. The molecule has 0 aliphatic heterocycles. The van der Waals surface area contributed by atoms with Gasteiger partial charge in [0.15, 0.2) is 0 Å². The van der Waals surface area contributed by atoms with E-state index in [-0.39, 0.29) is 0 Å². The van der Waals surface area contributed by atoms with Gasteiger partial charge < -0.3 is 9.88 Å². The topological polar surface area (TPSA) is 63.1 Å². The van der Waals surface area contributed by atoms with Gasteiger partial charge >= 0.3 is 0 Å². The Morgan fingerprint density at radius 2 is 2.14 bits per heavy atom. The fourth-order valence-electron chi connectivity index (χ4n) is 3.12. The minimum absolute atomic E-state index is 0.376. The average molecular weight is 313 g/mol. The minimum Gasteiger partial charge on any atom is -0.349 e. The van der Waals surface area contributed by atoms with Gasteiger partial charge in [-0.1, -0.05) is 13.3 Å². The third kappa shape index (κ3) is 4.08. The van der Waals surface area contributed by atoms with Crippen molar-refractivity contribution in [2.45, 2.75) is 51.1 Å². The Morgan fingerprint density at radius 3 is 2.71 bits per heavy atom. The molecule has 0 saturated heterocycles.